The molecule has 4 heteroatoms. The SMILES string of the molecule is CC1(C)CC2CC(C)(CN2C(=O)c2cc(Br)cc(Br)c2)C1. The zero-order valence-electron chi connectivity index (χ0n) is 12.7. The third-order valence-corrected chi connectivity index (χ3v) is 5.70. The summed E-state index contributed by atoms with van der Waals surface area (Å²) >= 11 is 6.95. The third-order valence-electron chi connectivity index (χ3n) is 4.79. The molecule has 1 heterocycles. The fourth-order valence-electron chi connectivity index (χ4n) is 4.54. The molecular formula is C17H21Br2NO. The summed E-state index contributed by atoms with van der Waals surface area (Å²) in [5, 5.41) is 0. The van der Waals surface area contributed by atoms with Crippen molar-refractivity contribution in [3.8, 4) is 0 Å². The number of carbonyl (C=O) groups is 1. The van der Waals surface area contributed by atoms with Gasteiger partial charge in [0.25, 0.3) is 5.91 Å². The lowest BCUT2D eigenvalue weighted by atomic mass is 9.65. The Hall–Kier alpha value is -0.350. The molecule has 21 heavy (non-hydrogen) atoms. The monoisotopic (exact) mass is 413 g/mol. The lowest BCUT2D eigenvalue weighted by molar-refractivity contribution is 0.0708. The highest BCUT2D eigenvalue weighted by molar-refractivity contribution is 9.11. The van der Waals surface area contributed by atoms with Gasteiger partial charge in [-0.15, -0.1) is 0 Å². The van der Waals surface area contributed by atoms with Crippen molar-refractivity contribution in [2.45, 2.75) is 46.1 Å². The van der Waals surface area contributed by atoms with Gasteiger partial charge in [-0.05, 0) is 48.3 Å². The molecule has 1 amide bonds. The normalized spacial score (nSPS) is 30.5. The van der Waals surface area contributed by atoms with Crippen LogP contribution in [0.25, 0.3) is 0 Å². The molecule has 1 aliphatic heterocycles. The quantitative estimate of drug-likeness (QED) is 0.614. The maximum atomic E-state index is 12.9. The topological polar surface area (TPSA) is 20.3 Å². The minimum absolute atomic E-state index is 0.170. The first kappa shape index (κ1) is 15.5. The van der Waals surface area contributed by atoms with E-state index in [4.69, 9.17) is 0 Å². The Morgan fingerprint density at radius 2 is 1.76 bits per heavy atom. The Morgan fingerprint density at radius 1 is 1.14 bits per heavy atom. The third kappa shape index (κ3) is 3.07. The average Bonchev–Trinajstić information content (AvgIpc) is 2.56. The first-order valence-electron chi connectivity index (χ1n) is 7.45. The summed E-state index contributed by atoms with van der Waals surface area (Å²) < 4.78 is 1.88. The van der Waals surface area contributed by atoms with Gasteiger partial charge in [0.15, 0.2) is 0 Å². The van der Waals surface area contributed by atoms with Crippen molar-refractivity contribution in [3.63, 3.8) is 0 Å². The van der Waals surface area contributed by atoms with Gasteiger partial charge in [0.2, 0.25) is 0 Å². The number of nitrogens with zero attached hydrogens (tertiary/aromatic N) is 1. The van der Waals surface area contributed by atoms with Crippen LogP contribution in [0.4, 0.5) is 0 Å². The van der Waals surface area contributed by atoms with Gasteiger partial charge >= 0.3 is 0 Å². The summed E-state index contributed by atoms with van der Waals surface area (Å²) in [7, 11) is 0. The van der Waals surface area contributed by atoms with Crippen molar-refractivity contribution in [1.29, 1.82) is 0 Å². The van der Waals surface area contributed by atoms with Gasteiger partial charge in [-0.3, -0.25) is 4.79 Å². The second kappa shape index (κ2) is 5.09. The van der Waals surface area contributed by atoms with Crippen LogP contribution in [0.5, 0.6) is 0 Å². The molecule has 0 spiro atoms. The number of fused-ring (bicyclic) bond motifs is 2. The summed E-state index contributed by atoms with van der Waals surface area (Å²) in [6, 6.07) is 6.19. The van der Waals surface area contributed by atoms with Crippen molar-refractivity contribution in [2.24, 2.45) is 10.8 Å². The highest BCUT2D eigenvalue weighted by Crippen LogP contribution is 2.52. The lowest BCUT2D eigenvalue weighted by Crippen LogP contribution is -2.37. The lowest BCUT2D eigenvalue weighted by Gasteiger charge is -2.39. The van der Waals surface area contributed by atoms with Crippen molar-refractivity contribution in [1.82, 2.24) is 4.90 Å². The van der Waals surface area contributed by atoms with Crippen LogP contribution in [0, 0.1) is 10.8 Å². The van der Waals surface area contributed by atoms with Crippen LogP contribution < -0.4 is 0 Å². The highest BCUT2D eigenvalue weighted by Gasteiger charge is 2.51. The van der Waals surface area contributed by atoms with E-state index in [1.807, 2.05) is 18.2 Å². The maximum absolute atomic E-state index is 12.9. The van der Waals surface area contributed by atoms with Crippen LogP contribution >= 0.6 is 31.9 Å². The molecule has 1 saturated heterocycles. The van der Waals surface area contributed by atoms with Crippen LogP contribution in [0.15, 0.2) is 27.1 Å². The van der Waals surface area contributed by atoms with Crippen LogP contribution in [-0.2, 0) is 0 Å². The zero-order chi connectivity index (χ0) is 15.4. The maximum Gasteiger partial charge on any atom is 0.254 e. The van der Waals surface area contributed by atoms with E-state index in [9.17, 15) is 4.79 Å². The average molecular weight is 415 g/mol. The molecule has 0 aromatic heterocycles. The second-order valence-corrected chi connectivity index (χ2v) is 9.64. The van der Waals surface area contributed by atoms with Gasteiger partial charge in [-0.25, -0.2) is 0 Å². The molecule has 2 unspecified atom stereocenters. The molecule has 2 nitrogen and oxygen atoms in total. The largest absolute Gasteiger partial charge is 0.335 e. The molecular weight excluding hydrogens is 394 g/mol. The van der Waals surface area contributed by atoms with Crippen molar-refractivity contribution in [2.75, 3.05) is 6.54 Å². The molecule has 114 valence electrons. The molecule has 2 fully saturated rings. The van der Waals surface area contributed by atoms with Gasteiger partial charge in [-0.1, -0.05) is 52.6 Å². The van der Waals surface area contributed by atoms with Crippen LogP contribution in [0.1, 0.15) is 50.4 Å². The number of likely N-dealkylation sites (tertiary alicyclic amines) is 1. The van der Waals surface area contributed by atoms with E-state index in [-0.39, 0.29) is 11.3 Å². The molecule has 0 N–H and O–H groups in total. The smallest absolute Gasteiger partial charge is 0.254 e. The molecule has 1 aromatic rings. The molecule has 1 aromatic carbocycles. The number of benzene rings is 1. The second-order valence-electron chi connectivity index (χ2n) is 7.80. The highest BCUT2D eigenvalue weighted by atomic mass is 79.9. The summed E-state index contributed by atoms with van der Waals surface area (Å²) in [5.74, 6) is 0.170. The number of rotatable bonds is 1. The standard InChI is InChI=1S/C17H21Br2NO/c1-16(2)7-14-8-17(3,9-16)10-20(14)15(21)11-4-12(18)6-13(19)5-11/h4-6,14H,7-10H2,1-3H3. The summed E-state index contributed by atoms with van der Waals surface area (Å²) in [4.78, 5) is 15.0. The van der Waals surface area contributed by atoms with Crippen LogP contribution in [-0.4, -0.2) is 23.4 Å². The number of hydrogen-bond acceptors (Lipinski definition) is 1. The number of amides is 1. The number of hydrogen-bond donors (Lipinski definition) is 0. The fourth-order valence-corrected chi connectivity index (χ4v) is 5.83. The van der Waals surface area contributed by atoms with E-state index in [1.165, 1.54) is 6.42 Å². The van der Waals surface area contributed by atoms with Crippen molar-refractivity contribution >= 4 is 37.8 Å². The van der Waals surface area contributed by atoms with Crippen LogP contribution in [0.3, 0.4) is 0 Å². The Kier molecular flexibility index (Phi) is 3.77. The van der Waals surface area contributed by atoms with E-state index in [1.54, 1.807) is 0 Å². The van der Waals surface area contributed by atoms with E-state index >= 15 is 0 Å². The van der Waals surface area contributed by atoms with Gasteiger partial charge in [0, 0.05) is 27.1 Å². The van der Waals surface area contributed by atoms with Crippen molar-refractivity contribution in [3.05, 3.63) is 32.7 Å². The predicted molar refractivity (Wildman–Crippen MR) is 92.4 cm³/mol. The first-order chi connectivity index (χ1) is 9.67. The minimum atomic E-state index is 0.170. The van der Waals surface area contributed by atoms with Crippen LogP contribution in [0.2, 0.25) is 0 Å². The molecule has 2 aliphatic rings. The van der Waals surface area contributed by atoms with Gasteiger partial charge in [0.05, 0.1) is 0 Å². The molecule has 2 atom stereocenters. The van der Waals surface area contributed by atoms with E-state index in [0.717, 1.165) is 33.9 Å². The zero-order valence-corrected chi connectivity index (χ0v) is 15.9. The summed E-state index contributed by atoms with van der Waals surface area (Å²) in [5.41, 5.74) is 1.39. The Bertz CT molecular complexity index is 578. The Balaban J connectivity index is 1.89. The first-order valence-corrected chi connectivity index (χ1v) is 9.03. The molecule has 0 radical (unpaired) electrons. The number of carbonyl (C=O) groups excluding carboxylic acids is 1. The molecule has 2 bridgehead atoms. The molecule has 1 saturated carbocycles. The van der Waals surface area contributed by atoms with Crippen molar-refractivity contribution < 1.29 is 4.79 Å². The summed E-state index contributed by atoms with van der Waals surface area (Å²) in [6.07, 6.45) is 3.48. The summed E-state index contributed by atoms with van der Waals surface area (Å²) in [6.45, 7) is 7.90. The van der Waals surface area contributed by atoms with Gasteiger partial charge in [0.1, 0.15) is 0 Å². The molecule has 3 rings (SSSR count). The minimum Gasteiger partial charge on any atom is -0.335 e. The van der Waals surface area contributed by atoms with Gasteiger partial charge in [-0.2, -0.15) is 0 Å². The van der Waals surface area contributed by atoms with E-state index in [0.29, 0.717) is 11.5 Å². The van der Waals surface area contributed by atoms with E-state index in [2.05, 4.69) is 57.5 Å². The number of halogens is 2. The predicted octanol–water partition coefficient (Wildman–Crippen LogP) is 5.25. The van der Waals surface area contributed by atoms with Gasteiger partial charge < -0.3 is 4.90 Å². The van der Waals surface area contributed by atoms with E-state index < -0.39 is 0 Å². The Labute approximate surface area is 143 Å². The molecule has 1 aliphatic carbocycles. The Morgan fingerprint density at radius 3 is 2.38 bits per heavy atom. The fraction of sp³-hybridized carbons (Fsp3) is 0.588.